The van der Waals surface area contributed by atoms with Crippen LogP contribution < -0.4 is 15.0 Å². The van der Waals surface area contributed by atoms with Crippen molar-refractivity contribution >= 4 is 23.2 Å². The van der Waals surface area contributed by atoms with E-state index in [2.05, 4.69) is 5.32 Å². The van der Waals surface area contributed by atoms with Crippen molar-refractivity contribution in [3.63, 3.8) is 0 Å². The third-order valence-electron chi connectivity index (χ3n) is 3.05. The number of anilines is 1. The minimum atomic E-state index is -0.0440. The first-order valence-electron chi connectivity index (χ1n) is 6.24. The summed E-state index contributed by atoms with van der Waals surface area (Å²) in [6.07, 6.45) is 0. The predicted octanol–water partition coefficient (Wildman–Crippen LogP) is 0.202. The first kappa shape index (κ1) is 14.1. The van der Waals surface area contributed by atoms with E-state index in [0.717, 1.165) is 13.1 Å². The Hall–Kier alpha value is -1.30. The largest absolute Gasteiger partial charge is 0.495 e. The summed E-state index contributed by atoms with van der Waals surface area (Å²) in [7, 11) is 1.56. The van der Waals surface area contributed by atoms with Crippen molar-refractivity contribution in [1.29, 1.82) is 0 Å². The van der Waals surface area contributed by atoms with E-state index in [1.165, 1.54) is 4.90 Å². The highest BCUT2D eigenvalue weighted by atomic mass is 35.5. The van der Waals surface area contributed by atoms with E-state index in [1.807, 2.05) is 0 Å². The van der Waals surface area contributed by atoms with Gasteiger partial charge in [-0.05, 0) is 18.2 Å². The molecule has 0 spiro atoms. The number of carbonyl (C=O) groups excluding carboxylic acids is 1. The van der Waals surface area contributed by atoms with Crippen molar-refractivity contribution in [3.05, 3.63) is 23.2 Å². The van der Waals surface area contributed by atoms with Crippen LogP contribution in [0.25, 0.3) is 0 Å². The van der Waals surface area contributed by atoms with Gasteiger partial charge in [-0.1, -0.05) is 11.6 Å². The van der Waals surface area contributed by atoms with Gasteiger partial charge in [-0.15, -0.1) is 0 Å². The molecule has 1 amide bonds. The number of hydrogen-bond acceptors (Lipinski definition) is 3. The molecule has 104 valence electrons. The van der Waals surface area contributed by atoms with Gasteiger partial charge in [0, 0.05) is 5.02 Å². The molecule has 1 saturated heterocycles. The van der Waals surface area contributed by atoms with Gasteiger partial charge >= 0.3 is 0 Å². The zero-order valence-corrected chi connectivity index (χ0v) is 11.6. The standard InChI is InChI=1S/C13H17ClN2O3/c1-18-12-3-2-10(14)8-11(12)15-13(17)9-16-4-6-19-7-5-16/h2-3,8H,4-7,9H2,1H3,(H,15,17)/p+1. The highest BCUT2D eigenvalue weighted by Gasteiger charge is 2.18. The van der Waals surface area contributed by atoms with E-state index in [9.17, 15) is 4.79 Å². The fourth-order valence-electron chi connectivity index (χ4n) is 2.04. The second kappa shape index (κ2) is 6.75. The van der Waals surface area contributed by atoms with Gasteiger partial charge in [0.25, 0.3) is 5.91 Å². The van der Waals surface area contributed by atoms with Crippen LogP contribution in [0.3, 0.4) is 0 Å². The fraction of sp³-hybridized carbons (Fsp3) is 0.462. The lowest BCUT2D eigenvalue weighted by atomic mass is 10.3. The molecular formula is C13H18ClN2O3+. The molecule has 0 bridgehead atoms. The molecule has 19 heavy (non-hydrogen) atoms. The Labute approximate surface area is 117 Å². The Morgan fingerprint density at radius 2 is 2.21 bits per heavy atom. The summed E-state index contributed by atoms with van der Waals surface area (Å²) >= 11 is 5.92. The van der Waals surface area contributed by atoms with Gasteiger partial charge < -0.3 is 19.7 Å². The van der Waals surface area contributed by atoms with Crippen molar-refractivity contribution in [1.82, 2.24) is 0 Å². The lowest BCUT2D eigenvalue weighted by Crippen LogP contribution is -3.15. The summed E-state index contributed by atoms with van der Waals surface area (Å²) in [5.41, 5.74) is 0.604. The van der Waals surface area contributed by atoms with E-state index in [0.29, 0.717) is 36.2 Å². The van der Waals surface area contributed by atoms with Crippen LogP contribution >= 0.6 is 11.6 Å². The quantitative estimate of drug-likeness (QED) is 0.831. The van der Waals surface area contributed by atoms with Crippen molar-refractivity contribution in [2.24, 2.45) is 0 Å². The first-order chi connectivity index (χ1) is 9.19. The number of carbonyl (C=O) groups is 1. The molecule has 6 heteroatoms. The van der Waals surface area contributed by atoms with Gasteiger partial charge in [0.1, 0.15) is 18.8 Å². The van der Waals surface area contributed by atoms with Crippen LogP contribution in [0.2, 0.25) is 5.02 Å². The summed E-state index contributed by atoms with van der Waals surface area (Å²) in [4.78, 5) is 13.2. The molecule has 1 aliphatic rings. The maximum absolute atomic E-state index is 12.0. The maximum atomic E-state index is 12.0. The molecule has 5 nitrogen and oxygen atoms in total. The molecule has 1 aromatic carbocycles. The Morgan fingerprint density at radius 1 is 1.47 bits per heavy atom. The van der Waals surface area contributed by atoms with Gasteiger partial charge in [0.15, 0.2) is 6.54 Å². The number of hydrogen-bond donors (Lipinski definition) is 2. The number of halogens is 1. The summed E-state index contributed by atoms with van der Waals surface area (Å²) in [5, 5.41) is 3.40. The highest BCUT2D eigenvalue weighted by Crippen LogP contribution is 2.27. The third kappa shape index (κ3) is 4.09. The first-order valence-corrected chi connectivity index (χ1v) is 6.61. The zero-order valence-electron chi connectivity index (χ0n) is 10.9. The predicted molar refractivity (Wildman–Crippen MR) is 73.0 cm³/mol. The minimum absolute atomic E-state index is 0.0440. The highest BCUT2D eigenvalue weighted by molar-refractivity contribution is 6.31. The molecule has 0 saturated carbocycles. The molecular weight excluding hydrogens is 268 g/mol. The Bertz CT molecular complexity index is 448. The second-order valence-electron chi connectivity index (χ2n) is 4.43. The summed E-state index contributed by atoms with van der Waals surface area (Å²) in [6, 6.07) is 5.15. The minimum Gasteiger partial charge on any atom is -0.495 e. The van der Waals surface area contributed by atoms with Crippen molar-refractivity contribution < 1.29 is 19.2 Å². The second-order valence-corrected chi connectivity index (χ2v) is 4.87. The monoisotopic (exact) mass is 285 g/mol. The lowest BCUT2D eigenvalue weighted by molar-refractivity contribution is -0.899. The summed E-state index contributed by atoms with van der Waals surface area (Å²) < 4.78 is 10.5. The number of amides is 1. The molecule has 0 aliphatic carbocycles. The normalized spacial score (nSPS) is 16.1. The van der Waals surface area contributed by atoms with E-state index in [4.69, 9.17) is 21.1 Å². The average Bonchev–Trinajstić information content (AvgIpc) is 2.40. The Morgan fingerprint density at radius 3 is 2.89 bits per heavy atom. The fourth-order valence-corrected chi connectivity index (χ4v) is 2.21. The van der Waals surface area contributed by atoms with Crippen LogP contribution in [0.5, 0.6) is 5.75 Å². The maximum Gasteiger partial charge on any atom is 0.279 e. The average molecular weight is 286 g/mol. The molecule has 2 rings (SSSR count). The lowest BCUT2D eigenvalue weighted by Gasteiger charge is -2.23. The zero-order chi connectivity index (χ0) is 13.7. The summed E-state index contributed by atoms with van der Waals surface area (Å²) in [6.45, 7) is 3.57. The molecule has 1 aliphatic heterocycles. The van der Waals surface area contributed by atoms with Crippen LogP contribution in [-0.2, 0) is 9.53 Å². The molecule has 0 unspecified atom stereocenters. The number of morpholine rings is 1. The van der Waals surface area contributed by atoms with Crippen molar-refractivity contribution in [3.8, 4) is 5.75 Å². The van der Waals surface area contributed by atoms with Gasteiger partial charge in [-0.25, -0.2) is 0 Å². The topological polar surface area (TPSA) is 52.0 Å². The number of nitrogens with one attached hydrogen (secondary N) is 2. The van der Waals surface area contributed by atoms with Gasteiger partial charge in [-0.2, -0.15) is 0 Å². The Kier molecular flexibility index (Phi) is 5.01. The van der Waals surface area contributed by atoms with Gasteiger partial charge in [0.2, 0.25) is 0 Å². The SMILES string of the molecule is COc1ccc(Cl)cc1NC(=O)C[NH+]1CCOCC1. The van der Waals surface area contributed by atoms with Crippen LogP contribution in [0.15, 0.2) is 18.2 Å². The van der Waals surface area contributed by atoms with Crippen molar-refractivity contribution in [2.45, 2.75) is 0 Å². The van der Waals surface area contributed by atoms with Crippen LogP contribution in [0.1, 0.15) is 0 Å². The van der Waals surface area contributed by atoms with Crippen molar-refractivity contribution in [2.75, 3.05) is 45.3 Å². The molecule has 2 N–H and O–H groups in total. The number of rotatable bonds is 4. The number of methoxy groups -OCH3 is 1. The van der Waals surface area contributed by atoms with E-state index in [-0.39, 0.29) is 5.91 Å². The summed E-state index contributed by atoms with van der Waals surface area (Å²) in [5.74, 6) is 0.562. The van der Waals surface area contributed by atoms with Crippen LogP contribution in [0, 0.1) is 0 Å². The van der Waals surface area contributed by atoms with Crippen LogP contribution in [0.4, 0.5) is 5.69 Å². The number of quaternary nitrogens is 1. The Balaban J connectivity index is 1.95. The number of benzene rings is 1. The molecule has 1 heterocycles. The van der Waals surface area contributed by atoms with E-state index < -0.39 is 0 Å². The smallest absolute Gasteiger partial charge is 0.279 e. The van der Waals surface area contributed by atoms with Crippen LogP contribution in [-0.4, -0.2) is 45.9 Å². The molecule has 0 radical (unpaired) electrons. The van der Waals surface area contributed by atoms with Gasteiger partial charge in [-0.3, -0.25) is 4.79 Å². The van der Waals surface area contributed by atoms with E-state index >= 15 is 0 Å². The molecule has 0 atom stereocenters. The number of ether oxygens (including phenoxy) is 2. The van der Waals surface area contributed by atoms with Gasteiger partial charge in [0.05, 0.1) is 26.0 Å². The third-order valence-corrected chi connectivity index (χ3v) is 3.28. The molecule has 1 fully saturated rings. The molecule has 1 aromatic rings. The van der Waals surface area contributed by atoms with E-state index in [1.54, 1.807) is 25.3 Å². The molecule has 0 aromatic heterocycles.